The maximum absolute atomic E-state index is 14.4. The molecule has 1 amide bonds. The number of hydrogen-bond donors (Lipinski definition) is 1. The zero-order valence-corrected chi connectivity index (χ0v) is 24.8. The van der Waals surface area contributed by atoms with Crippen molar-refractivity contribution >= 4 is 23.3 Å². The van der Waals surface area contributed by atoms with Gasteiger partial charge in [-0.15, -0.1) is 0 Å². The lowest BCUT2D eigenvalue weighted by molar-refractivity contribution is -0.126. The number of carbonyl (C=O) groups excluding carboxylic acids is 2. The van der Waals surface area contributed by atoms with Crippen LogP contribution in [0.25, 0.3) is 11.1 Å². The largest absolute Gasteiger partial charge is 0.497 e. The molecule has 1 N–H and O–H groups in total. The van der Waals surface area contributed by atoms with E-state index in [9.17, 15) is 14.0 Å². The van der Waals surface area contributed by atoms with E-state index < -0.39 is 17.4 Å². The lowest BCUT2D eigenvalue weighted by Gasteiger charge is -2.30. The number of halogens is 2. The molecule has 0 aliphatic rings. The first-order valence-electron chi connectivity index (χ1n) is 13.7. The summed E-state index contributed by atoms with van der Waals surface area (Å²) in [4.78, 5) is 25.7. The van der Waals surface area contributed by atoms with Crippen molar-refractivity contribution in [3.8, 4) is 22.8 Å². The zero-order valence-electron chi connectivity index (χ0n) is 24.1. The summed E-state index contributed by atoms with van der Waals surface area (Å²) in [6.07, 6.45) is 1.49. The van der Waals surface area contributed by atoms with Crippen LogP contribution in [0.1, 0.15) is 55.3 Å². The van der Waals surface area contributed by atoms with Gasteiger partial charge in [0.05, 0.1) is 13.2 Å². The summed E-state index contributed by atoms with van der Waals surface area (Å²) in [6, 6.07) is 20.3. The van der Waals surface area contributed by atoms with Crippen LogP contribution in [0.4, 0.5) is 4.39 Å². The lowest BCUT2D eigenvalue weighted by atomic mass is 9.77. The SMILES string of the molecule is CC[C@](C)(C[C@@H](Cc1ccc(-c2cc(Cl)ccc2F)cc1)NC(=O)c1cc(OCc2ccc(OC)cc2)no1)C(C)=O. The Kier molecular flexibility index (Phi) is 10.0. The molecule has 0 saturated carbocycles. The van der Waals surface area contributed by atoms with Gasteiger partial charge in [0.1, 0.15) is 24.0 Å². The van der Waals surface area contributed by atoms with Gasteiger partial charge in [0.25, 0.3) is 11.8 Å². The topological polar surface area (TPSA) is 90.7 Å². The summed E-state index contributed by atoms with van der Waals surface area (Å²) in [5.74, 6) is 0.132. The molecule has 0 aliphatic heterocycles. The van der Waals surface area contributed by atoms with E-state index in [2.05, 4.69) is 10.5 Å². The molecular weight excluding hydrogens is 559 g/mol. The van der Waals surface area contributed by atoms with E-state index in [1.54, 1.807) is 20.1 Å². The number of hydrogen-bond acceptors (Lipinski definition) is 6. The smallest absolute Gasteiger partial charge is 0.290 e. The fourth-order valence-electron chi connectivity index (χ4n) is 4.65. The van der Waals surface area contributed by atoms with Crippen molar-refractivity contribution in [3.05, 3.63) is 101 Å². The summed E-state index contributed by atoms with van der Waals surface area (Å²) in [7, 11) is 1.60. The molecule has 0 radical (unpaired) electrons. The average Bonchev–Trinajstić information content (AvgIpc) is 3.47. The van der Waals surface area contributed by atoms with Gasteiger partial charge in [-0.3, -0.25) is 9.59 Å². The van der Waals surface area contributed by atoms with Crippen molar-refractivity contribution in [1.29, 1.82) is 0 Å². The number of benzene rings is 3. The van der Waals surface area contributed by atoms with Crippen LogP contribution in [0, 0.1) is 11.2 Å². The molecule has 4 rings (SSSR count). The van der Waals surface area contributed by atoms with Crippen LogP contribution in [0.2, 0.25) is 5.02 Å². The minimum atomic E-state index is -0.629. The first-order chi connectivity index (χ1) is 20.1. The number of nitrogens with one attached hydrogen (secondary N) is 1. The number of carbonyl (C=O) groups is 2. The van der Waals surface area contributed by atoms with Gasteiger partial charge in [-0.2, -0.15) is 0 Å². The number of Topliss-reactive ketones (excluding diaryl/α,β-unsaturated/α-hetero) is 1. The third-order valence-electron chi connectivity index (χ3n) is 7.60. The van der Waals surface area contributed by atoms with Gasteiger partial charge in [-0.25, -0.2) is 4.39 Å². The van der Waals surface area contributed by atoms with Crippen LogP contribution >= 0.6 is 11.6 Å². The molecule has 0 spiro atoms. The Morgan fingerprint density at radius 1 is 1.05 bits per heavy atom. The van der Waals surface area contributed by atoms with Crippen molar-refractivity contribution in [2.24, 2.45) is 5.41 Å². The quantitative estimate of drug-likeness (QED) is 0.173. The van der Waals surface area contributed by atoms with Crippen molar-refractivity contribution < 1.29 is 28.0 Å². The normalized spacial score (nSPS) is 13.2. The Morgan fingerprint density at radius 3 is 2.38 bits per heavy atom. The standard InChI is InChI=1S/C33H34ClFN2O5/c1-5-33(3,21(2)38)19-26(16-22-6-10-24(11-7-22)28-17-25(34)12-15-29(28)35)36-32(39)30-18-31(37-42-30)41-20-23-8-13-27(40-4)14-9-23/h6-15,17-18,26H,5,16,19-20H2,1-4H3,(H,36,39)/t26-,33-/m1/s1. The molecule has 9 heteroatoms. The van der Waals surface area contributed by atoms with E-state index in [0.717, 1.165) is 16.9 Å². The predicted octanol–water partition coefficient (Wildman–Crippen LogP) is 7.46. The molecule has 42 heavy (non-hydrogen) atoms. The zero-order chi connectivity index (χ0) is 30.3. The highest BCUT2D eigenvalue weighted by Crippen LogP contribution is 2.31. The van der Waals surface area contributed by atoms with Crippen molar-refractivity contribution in [2.75, 3.05) is 7.11 Å². The molecule has 2 atom stereocenters. The Bertz CT molecular complexity index is 1520. The van der Waals surface area contributed by atoms with Gasteiger partial charge < -0.3 is 19.3 Å². The maximum Gasteiger partial charge on any atom is 0.290 e. The van der Waals surface area contributed by atoms with Gasteiger partial charge >= 0.3 is 0 Å². The highest BCUT2D eigenvalue weighted by atomic mass is 35.5. The van der Waals surface area contributed by atoms with E-state index in [1.165, 1.54) is 18.2 Å². The van der Waals surface area contributed by atoms with Crippen LogP contribution in [0.3, 0.4) is 0 Å². The summed E-state index contributed by atoms with van der Waals surface area (Å²) in [6.45, 7) is 5.67. The average molecular weight is 593 g/mol. The Hall–Kier alpha value is -4.17. The van der Waals surface area contributed by atoms with Crippen LogP contribution in [0.5, 0.6) is 11.6 Å². The van der Waals surface area contributed by atoms with E-state index in [0.29, 0.717) is 35.4 Å². The summed E-state index contributed by atoms with van der Waals surface area (Å²) in [5.41, 5.74) is 2.27. The number of aromatic nitrogens is 1. The van der Waals surface area contributed by atoms with Gasteiger partial charge in [0, 0.05) is 22.0 Å². The van der Waals surface area contributed by atoms with E-state index in [4.69, 9.17) is 25.6 Å². The lowest BCUT2D eigenvalue weighted by Crippen LogP contribution is -2.42. The fourth-order valence-corrected chi connectivity index (χ4v) is 4.82. The Morgan fingerprint density at radius 2 is 1.74 bits per heavy atom. The monoisotopic (exact) mass is 592 g/mol. The van der Waals surface area contributed by atoms with E-state index >= 15 is 0 Å². The molecule has 0 bridgehead atoms. The Balaban J connectivity index is 1.47. The van der Waals surface area contributed by atoms with Crippen molar-refractivity contribution in [1.82, 2.24) is 10.5 Å². The van der Waals surface area contributed by atoms with Crippen LogP contribution in [0.15, 0.2) is 77.3 Å². The number of ketones is 1. The van der Waals surface area contributed by atoms with Crippen LogP contribution in [-0.4, -0.2) is 30.0 Å². The second-order valence-corrected chi connectivity index (χ2v) is 11.0. The number of nitrogens with zero attached hydrogens (tertiary/aromatic N) is 1. The fraction of sp³-hybridized carbons (Fsp3) is 0.303. The number of amides is 1. The molecule has 0 aliphatic carbocycles. The van der Waals surface area contributed by atoms with E-state index in [-0.39, 0.29) is 29.8 Å². The molecule has 4 aromatic rings. The molecule has 1 heterocycles. The predicted molar refractivity (Wildman–Crippen MR) is 159 cm³/mol. The number of ether oxygens (including phenoxy) is 2. The Labute approximate surface area is 250 Å². The van der Waals surface area contributed by atoms with Gasteiger partial charge in [0.15, 0.2) is 0 Å². The van der Waals surface area contributed by atoms with Gasteiger partial charge in [-0.1, -0.05) is 61.8 Å². The summed E-state index contributed by atoms with van der Waals surface area (Å²) < 4.78 is 30.5. The maximum atomic E-state index is 14.4. The molecule has 0 fully saturated rings. The summed E-state index contributed by atoms with van der Waals surface area (Å²) in [5, 5.41) is 7.34. The second-order valence-electron chi connectivity index (χ2n) is 10.5. The first-order valence-corrected chi connectivity index (χ1v) is 14.1. The van der Waals surface area contributed by atoms with Crippen molar-refractivity contribution in [3.63, 3.8) is 0 Å². The molecule has 1 aromatic heterocycles. The molecule has 0 unspecified atom stereocenters. The van der Waals surface area contributed by atoms with Gasteiger partial charge in [-0.05, 0) is 78.4 Å². The number of rotatable bonds is 13. The molecule has 7 nitrogen and oxygen atoms in total. The minimum Gasteiger partial charge on any atom is -0.497 e. The molecule has 0 saturated heterocycles. The first kappa shape index (κ1) is 30.8. The third-order valence-corrected chi connectivity index (χ3v) is 7.83. The molecule has 3 aromatic carbocycles. The third kappa shape index (κ3) is 7.76. The highest BCUT2D eigenvalue weighted by molar-refractivity contribution is 6.30. The second kappa shape index (κ2) is 13.7. The van der Waals surface area contributed by atoms with E-state index in [1.807, 2.05) is 62.4 Å². The number of methoxy groups -OCH3 is 1. The van der Waals surface area contributed by atoms with Gasteiger partial charge in [0.2, 0.25) is 5.76 Å². The highest BCUT2D eigenvalue weighted by Gasteiger charge is 2.32. The van der Waals surface area contributed by atoms with Crippen molar-refractivity contribution in [2.45, 2.75) is 52.7 Å². The molecule has 220 valence electrons. The summed E-state index contributed by atoms with van der Waals surface area (Å²) >= 11 is 6.07. The van der Waals surface area contributed by atoms with Crippen LogP contribution in [-0.2, 0) is 17.8 Å². The molecular formula is C33H34ClFN2O5. The van der Waals surface area contributed by atoms with Crippen LogP contribution < -0.4 is 14.8 Å². The minimum absolute atomic E-state index is 0.00228.